The Kier molecular flexibility index (Phi) is 11.0. The molecule has 0 aromatic carbocycles. The number of aldehydes is 1. The SMILES string of the molecule is CC(=O)O[C@@H]1C[C@H]2[C@@H]3CC[C@H]([C@H](C)CCCC(C)C)[C@@]3(C)CC[C@@H]2[C@@]2(C)[C@H](OCOCC[Si](C)(C)C)C[C@H](C=O)C[C@]12O. The molecule has 6 nitrogen and oxygen atoms in total. The van der Waals surface area contributed by atoms with Crippen molar-refractivity contribution < 1.29 is 28.9 Å². The van der Waals surface area contributed by atoms with Crippen LogP contribution in [0.2, 0.25) is 25.7 Å². The lowest BCUT2D eigenvalue weighted by molar-refractivity contribution is -0.305. The van der Waals surface area contributed by atoms with Crippen LogP contribution >= 0.6 is 0 Å². The molecule has 0 saturated heterocycles. The molecule has 0 radical (unpaired) electrons. The molecule has 0 aliphatic heterocycles. The fourth-order valence-electron chi connectivity index (χ4n) is 10.6. The molecule has 11 atom stereocenters. The van der Waals surface area contributed by atoms with Crippen molar-refractivity contribution in [1.29, 1.82) is 0 Å². The summed E-state index contributed by atoms with van der Waals surface area (Å²) in [6.07, 6.45) is 10.2. The Labute approximate surface area is 263 Å². The van der Waals surface area contributed by atoms with Crippen molar-refractivity contribution in [2.24, 2.45) is 52.3 Å². The number of rotatable bonds is 13. The summed E-state index contributed by atoms with van der Waals surface area (Å²) < 4.78 is 18.6. The average molecular weight is 621 g/mol. The molecule has 4 rings (SSSR count). The first-order chi connectivity index (χ1) is 20.1. The van der Waals surface area contributed by atoms with Crippen molar-refractivity contribution >= 4 is 20.3 Å². The summed E-state index contributed by atoms with van der Waals surface area (Å²) in [5, 5.41) is 12.7. The summed E-state index contributed by atoms with van der Waals surface area (Å²) in [7, 11) is -1.23. The van der Waals surface area contributed by atoms with Crippen molar-refractivity contribution in [3.8, 4) is 0 Å². The number of hydrogen-bond donors (Lipinski definition) is 1. The van der Waals surface area contributed by atoms with Crippen LogP contribution in [0, 0.1) is 52.3 Å². The summed E-state index contributed by atoms with van der Waals surface area (Å²) in [6, 6.07) is 1.07. The zero-order chi connectivity index (χ0) is 31.8. The van der Waals surface area contributed by atoms with E-state index in [1.165, 1.54) is 45.4 Å². The van der Waals surface area contributed by atoms with Gasteiger partial charge in [-0.1, -0.05) is 73.5 Å². The standard InChI is InChI=1S/C36H64O6Si/c1-24(2)11-10-12-25(3)29-13-14-30-28-20-33(42-26(4)38)36(39)21-27(22-37)19-32(41-23-40-17-18-43(7,8)9)35(36,6)31(28)15-16-34(29,30)5/h22,24-25,27-33,39H,10-21,23H2,1-9H3/t25-,27+,28+,29-,30+,31+,32-,33-,34-,35+,36+/m1/s1. The van der Waals surface area contributed by atoms with Crippen molar-refractivity contribution in [3.63, 3.8) is 0 Å². The van der Waals surface area contributed by atoms with Crippen LogP contribution in [-0.2, 0) is 23.8 Å². The first-order valence-corrected chi connectivity index (χ1v) is 21.3. The molecule has 248 valence electrons. The minimum absolute atomic E-state index is 0.166. The Morgan fingerprint density at radius 3 is 2.37 bits per heavy atom. The van der Waals surface area contributed by atoms with E-state index in [4.69, 9.17) is 14.2 Å². The molecule has 0 spiro atoms. The average Bonchev–Trinajstić information content (AvgIpc) is 3.26. The first kappa shape index (κ1) is 35.1. The summed E-state index contributed by atoms with van der Waals surface area (Å²) in [5.41, 5.74) is -1.69. The lowest BCUT2D eigenvalue weighted by Crippen LogP contribution is -2.73. The Bertz CT molecular complexity index is 964. The number of fused-ring (bicyclic) bond motifs is 5. The van der Waals surface area contributed by atoms with Crippen LogP contribution in [-0.4, -0.2) is 56.6 Å². The van der Waals surface area contributed by atoms with Crippen LogP contribution in [0.1, 0.15) is 106 Å². The number of ether oxygens (including phenoxy) is 3. The molecule has 43 heavy (non-hydrogen) atoms. The van der Waals surface area contributed by atoms with E-state index in [2.05, 4.69) is 54.3 Å². The summed E-state index contributed by atoms with van der Waals surface area (Å²) in [5.74, 6) is 2.62. The molecular formula is C36H64O6Si. The maximum absolute atomic E-state index is 12.7. The predicted molar refractivity (Wildman–Crippen MR) is 174 cm³/mol. The molecular weight excluding hydrogens is 556 g/mol. The van der Waals surface area contributed by atoms with Crippen LogP contribution in [0.4, 0.5) is 0 Å². The molecule has 1 N–H and O–H groups in total. The van der Waals surface area contributed by atoms with Crippen molar-refractivity contribution in [3.05, 3.63) is 0 Å². The molecule has 0 unspecified atom stereocenters. The summed E-state index contributed by atoms with van der Waals surface area (Å²) in [6.45, 7) is 21.2. The molecule has 0 aromatic heterocycles. The topological polar surface area (TPSA) is 82.1 Å². The number of esters is 1. The zero-order valence-electron chi connectivity index (χ0n) is 29.0. The molecule has 4 aliphatic carbocycles. The lowest BCUT2D eigenvalue weighted by Gasteiger charge is -2.67. The van der Waals surface area contributed by atoms with Gasteiger partial charge in [-0.3, -0.25) is 4.79 Å². The molecule has 0 aromatic rings. The highest BCUT2D eigenvalue weighted by Gasteiger charge is 2.71. The van der Waals surface area contributed by atoms with Gasteiger partial charge in [0.05, 0.1) is 6.10 Å². The second-order valence-corrected chi connectivity index (χ2v) is 22.9. The highest BCUT2D eigenvalue weighted by Crippen LogP contribution is 2.70. The number of carbonyl (C=O) groups excluding carboxylic acids is 2. The predicted octanol–water partition coefficient (Wildman–Crippen LogP) is 7.89. The van der Waals surface area contributed by atoms with Crippen LogP contribution in [0.3, 0.4) is 0 Å². The van der Waals surface area contributed by atoms with Gasteiger partial charge in [0.2, 0.25) is 0 Å². The second kappa shape index (κ2) is 13.5. The Morgan fingerprint density at radius 2 is 1.74 bits per heavy atom. The van der Waals surface area contributed by atoms with Gasteiger partial charge in [-0.05, 0) is 91.9 Å². The smallest absolute Gasteiger partial charge is 0.303 e. The van der Waals surface area contributed by atoms with Gasteiger partial charge in [0.25, 0.3) is 0 Å². The number of aliphatic hydroxyl groups is 1. The van der Waals surface area contributed by atoms with E-state index in [0.717, 1.165) is 24.7 Å². The number of carbonyl (C=O) groups is 2. The van der Waals surface area contributed by atoms with Crippen molar-refractivity contribution in [1.82, 2.24) is 0 Å². The first-order valence-electron chi connectivity index (χ1n) is 17.6. The Morgan fingerprint density at radius 1 is 1.02 bits per heavy atom. The van der Waals surface area contributed by atoms with Crippen molar-refractivity contribution in [2.75, 3.05) is 13.4 Å². The van der Waals surface area contributed by atoms with E-state index in [9.17, 15) is 14.7 Å². The van der Waals surface area contributed by atoms with Gasteiger partial charge in [0, 0.05) is 32.9 Å². The van der Waals surface area contributed by atoms with E-state index in [1.54, 1.807) is 0 Å². The maximum atomic E-state index is 12.7. The van der Waals surface area contributed by atoms with E-state index in [0.29, 0.717) is 49.5 Å². The van der Waals surface area contributed by atoms with E-state index in [1.807, 2.05) is 0 Å². The molecule has 4 aliphatic rings. The van der Waals surface area contributed by atoms with Crippen LogP contribution < -0.4 is 0 Å². The van der Waals surface area contributed by atoms with Crippen LogP contribution in [0.25, 0.3) is 0 Å². The normalized spacial score (nSPS) is 41.7. The molecule has 0 heterocycles. The van der Waals surface area contributed by atoms with E-state index >= 15 is 0 Å². The highest BCUT2D eigenvalue weighted by molar-refractivity contribution is 6.76. The van der Waals surface area contributed by atoms with Gasteiger partial charge in [-0.2, -0.15) is 0 Å². The highest BCUT2D eigenvalue weighted by atomic mass is 28.3. The zero-order valence-corrected chi connectivity index (χ0v) is 30.0. The molecule has 4 saturated carbocycles. The molecule has 0 bridgehead atoms. The third-order valence-corrected chi connectivity index (χ3v) is 14.7. The second-order valence-electron chi connectivity index (χ2n) is 17.3. The summed E-state index contributed by atoms with van der Waals surface area (Å²) >= 11 is 0. The van der Waals surface area contributed by atoms with Gasteiger partial charge < -0.3 is 24.1 Å². The van der Waals surface area contributed by atoms with E-state index < -0.39 is 25.2 Å². The number of hydrogen-bond acceptors (Lipinski definition) is 6. The van der Waals surface area contributed by atoms with Gasteiger partial charge in [0.1, 0.15) is 24.8 Å². The minimum atomic E-state index is -1.32. The van der Waals surface area contributed by atoms with Gasteiger partial charge in [0.15, 0.2) is 0 Å². The monoisotopic (exact) mass is 620 g/mol. The lowest BCUT2D eigenvalue weighted by atomic mass is 9.41. The van der Waals surface area contributed by atoms with Crippen molar-refractivity contribution in [2.45, 2.75) is 149 Å². The largest absolute Gasteiger partial charge is 0.459 e. The van der Waals surface area contributed by atoms with Gasteiger partial charge in [-0.15, -0.1) is 0 Å². The quantitative estimate of drug-likeness (QED) is 0.0741. The molecule has 0 amide bonds. The molecule has 7 heteroatoms. The third-order valence-electron chi connectivity index (χ3n) is 13.0. The fourth-order valence-corrected chi connectivity index (χ4v) is 11.4. The van der Waals surface area contributed by atoms with Crippen LogP contribution in [0.15, 0.2) is 0 Å². The fraction of sp³-hybridized carbons (Fsp3) is 0.944. The van der Waals surface area contributed by atoms with E-state index in [-0.39, 0.29) is 36.1 Å². The van der Waals surface area contributed by atoms with Gasteiger partial charge in [-0.25, -0.2) is 0 Å². The maximum Gasteiger partial charge on any atom is 0.303 e. The minimum Gasteiger partial charge on any atom is -0.459 e. The van der Waals surface area contributed by atoms with Crippen LogP contribution in [0.5, 0.6) is 0 Å². The molecule has 4 fully saturated rings. The summed E-state index contributed by atoms with van der Waals surface area (Å²) in [4.78, 5) is 24.7. The third kappa shape index (κ3) is 7.00. The van der Waals surface area contributed by atoms with Gasteiger partial charge >= 0.3 is 5.97 Å². The Hall–Kier alpha value is -0.763. The Balaban J connectivity index is 1.61.